The quantitative estimate of drug-likeness (QED) is 0.694. The van der Waals surface area contributed by atoms with Crippen LogP contribution in [0.15, 0.2) is 47.4 Å². The van der Waals surface area contributed by atoms with Crippen LogP contribution in [0.5, 0.6) is 5.75 Å². The van der Waals surface area contributed by atoms with Gasteiger partial charge in [0.2, 0.25) is 0 Å². The third-order valence-electron chi connectivity index (χ3n) is 3.56. The van der Waals surface area contributed by atoms with Crippen LogP contribution in [-0.4, -0.2) is 20.8 Å². The monoisotopic (exact) mass is 401 g/mol. The normalized spacial score (nSPS) is 11.9. The molecule has 0 atom stereocenters. The molecule has 1 N–H and O–H groups in total. The van der Waals surface area contributed by atoms with Gasteiger partial charge in [0.25, 0.3) is 10.0 Å². The molecule has 0 saturated heterocycles. The fourth-order valence-corrected chi connectivity index (χ4v) is 3.32. The summed E-state index contributed by atoms with van der Waals surface area (Å²) in [4.78, 5) is 11.2. The van der Waals surface area contributed by atoms with Gasteiger partial charge in [-0.15, -0.1) is 0 Å². The molecule has 146 valence electrons. The summed E-state index contributed by atoms with van der Waals surface area (Å²) in [6.07, 6.45) is -4.05. The Bertz CT molecular complexity index is 940. The number of hydrogen-bond acceptors (Lipinski definition) is 4. The van der Waals surface area contributed by atoms with Gasteiger partial charge < -0.3 is 4.74 Å². The molecule has 0 aromatic heterocycles. The van der Waals surface area contributed by atoms with Gasteiger partial charge in [0.1, 0.15) is 5.75 Å². The zero-order valence-electron chi connectivity index (χ0n) is 14.6. The number of nitrogens with one attached hydrogen (secondary N) is 1. The van der Waals surface area contributed by atoms with Gasteiger partial charge in [0.15, 0.2) is 5.78 Å². The van der Waals surface area contributed by atoms with Crippen LogP contribution in [0.25, 0.3) is 0 Å². The second-order valence-electron chi connectivity index (χ2n) is 5.75. The number of benzene rings is 2. The first-order valence-corrected chi connectivity index (χ1v) is 9.51. The Morgan fingerprint density at radius 1 is 1.15 bits per heavy atom. The Morgan fingerprint density at radius 2 is 1.85 bits per heavy atom. The maximum absolute atomic E-state index is 13.0. The SMILES string of the molecule is CCCOc1ccc(C(F)(F)F)cc1NS(=O)(=O)c1cccc(C(C)=O)c1. The van der Waals surface area contributed by atoms with E-state index in [-0.39, 0.29) is 34.3 Å². The Kier molecular flexibility index (Phi) is 6.15. The maximum Gasteiger partial charge on any atom is 0.416 e. The number of hydrogen-bond donors (Lipinski definition) is 1. The second-order valence-corrected chi connectivity index (χ2v) is 7.43. The Hall–Kier alpha value is -2.55. The van der Waals surface area contributed by atoms with Gasteiger partial charge in [0, 0.05) is 5.56 Å². The number of carbonyl (C=O) groups excluding carboxylic acids is 1. The first kappa shape index (κ1) is 20.8. The fourth-order valence-electron chi connectivity index (χ4n) is 2.21. The highest BCUT2D eigenvalue weighted by Gasteiger charge is 2.32. The molecule has 0 aliphatic heterocycles. The summed E-state index contributed by atoms with van der Waals surface area (Å²) in [6, 6.07) is 7.80. The number of Topliss-reactive ketones (excluding diaryl/α,β-unsaturated/α-hetero) is 1. The van der Waals surface area contributed by atoms with Crippen LogP contribution in [0, 0.1) is 0 Å². The van der Waals surface area contributed by atoms with Gasteiger partial charge in [0.05, 0.1) is 22.8 Å². The van der Waals surface area contributed by atoms with Gasteiger partial charge in [-0.25, -0.2) is 8.42 Å². The second kappa shape index (κ2) is 7.99. The molecule has 0 bridgehead atoms. The topological polar surface area (TPSA) is 72.5 Å². The minimum atomic E-state index is -4.64. The molecule has 9 heteroatoms. The summed E-state index contributed by atoms with van der Waals surface area (Å²) in [7, 11) is -4.23. The molecule has 27 heavy (non-hydrogen) atoms. The van der Waals surface area contributed by atoms with E-state index in [2.05, 4.69) is 4.72 Å². The van der Waals surface area contributed by atoms with Crippen LogP contribution < -0.4 is 9.46 Å². The molecule has 0 heterocycles. The van der Waals surface area contributed by atoms with Crippen molar-refractivity contribution in [2.75, 3.05) is 11.3 Å². The number of anilines is 1. The van der Waals surface area contributed by atoms with Crippen molar-refractivity contribution < 1.29 is 31.1 Å². The van der Waals surface area contributed by atoms with Crippen molar-refractivity contribution in [3.8, 4) is 5.75 Å². The van der Waals surface area contributed by atoms with E-state index in [1.165, 1.54) is 25.1 Å². The minimum Gasteiger partial charge on any atom is -0.491 e. The number of sulfonamides is 1. The molecule has 0 saturated carbocycles. The van der Waals surface area contributed by atoms with Crippen molar-refractivity contribution in [2.45, 2.75) is 31.3 Å². The first-order chi connectivity index (χ1) is 12.5. The van der Waals surface area contributed by atoms with Crippen LogP contribution in [0.3, 0.4) is 0 Å². The molecule has 0 unspecified atom stereocenters. The van der Waals surface area contributed by atoms with E-state index in [0.717, 1.165) is 18.2 Å². The highest BCUT2D eigenvalue weighted by atomic mass is 32.2. The van der Waals surface area contributed by atoms with E-state index in [1.807, 2.05) is 0 Å². The molecule has 2 aromatic rings. The molecular formula is C18H18F3NO4S. The molecule has 0 radical (unpaired) electrons. The molecule has 5 nitrogen and oxygen atoms in total. The van der Waals surface area contributed by atoms with Crippen LogP contribution in [0.2, 0.25) is 0 Å². The maximum atomic E-state index is 13.0. The lowest BCUT2D eigenvalue weighted by atomic mass is 10.2. The van der Waals surface area contributed by atoms with E-state index >= 15 is 0 Å². The third-order valence-corrected chi connectivity index (χ3v) is 4.93. The lowest BCUT2D eigenvalue weighted by molar-refractivity contribution is -0.137. The van der Waals surface area contributed by atoms with Gasteiger partial charge in [-0.1, -0.05) is 19.1 Å². The zero-order valence-corrected chi connectivity index (χ0v) is 15.4. The number of ether oxygens (including phenoxy) is 1. The summed E-state index contributed by atoms with van der Waals surface area (Å²) >= 11 is 0. The molecule has 0 fully saturated rings. The summed E-state index contributed by atoms with van der Waals surface area (Å²) in [6.45, 7) is 3.30. The van der Waals surface area contributed by atoms with Crippen molar-refractivity contribution in [3.05, 3.63) is 53.6 Å². The Labute approximate surface area is 155 Å². The summed E-state index contributed by atoms with van der Waals surface area (Å²) < 4.78 is 71.7. The average molecular weight is 401 g/mol. The van der Waals surface area contributed by atoms with Crippen molar-refractivity contribution in [1.82, 2.24) is 0 Å². The van der Waals surface area contributed by atoms with E-state index in [0.29, 0.717) is 12.5 Å². The van der Waals surface area contributed by atoms with Crippen LogP contribution in [0.4, 0.5) is 18.9 Å². The number of ketones is 1. The smallest absolute Gasteiger partial charge is 0.416 e. The lowest BCUT2D eigenvalue weighted by Gasteiger charge is -2.16. The number of alkyl halides is 3. The Morgan fingerprint density at radius 3 is 2.44 bits per heavy atom. The molecule has 0 aliphatic carbocycles. The molecular weight excluding hydrogens is 383 g/mol. The van der Waals surface area contributed by atoms with Crippen molar-refractivity contribution in [1.29, 1.82) is 0 Å². The molecule has 2 rings (SSSR count). The van der Waals surface area contributed by atoms with Crippen molar-refractivity contribution in [2.24, 2.45) is 0 Å². The van der Waals surface area contributed by atoms with Crippen LogP contribution in [0.1, 0.15) is 36.2 Å². The molecule has 0 aliphatic rings. The zero-order chi connectivity index (χ0) is 20.2. The number of rotatable bonds is 7. The van der Waals surface area contributed by atoms with Gasteiger partial charge in [-0.3, -0.25) is 9.52 Å². The number of carbonyl (C=O) groups is 1. The van der Waals surface area contributed by atoms with E-state index in [4.69, 9.17) is 4.74 Å². The van der Waals surface area contributed by atoms with Crippen LogP contribution >= 0.6 is 0 Å². The Balaban J connectivity index is 2.46. The fraction of sp³-hybridized carbons (Fsp3) is 0.278. The van der Waals surface area contributed by atoms with Gasteiger partial charge >= 0.3 is 6.18 Å². The van der Waals surface area contributed by atoms with E-state index in [9.17, 15) is 26.4 Å². The van der Waals surface area contributed by atoms with Gasteiger partial charge in [-0.2, -0.15) is 13.2 Å². The molecule has 0 spiro atoms. The highest BCUT2D eigenvalue weighted by molar-refractivity contribution is 7.92. The number of halogens is 3. The van der Waals surface area contributed by atoms with E-state index < -0.39 is 21.8 Å². The van der Waals surface area contributed by atoms with Crippen molar-refractivity contribution >= 4 is 21.5 Å². The summed E-state index contributed by atoms with van der Waals surface area (Å²) in [5.41, 5.74) is -1.17. The summed E-state index contributed by atoms with van der Waals surface area (Å²) in [5.74, 6) is -0.353. The summed E-state index contributed by atoms with van der Waals surface area (Å²) in [5, 5.41) is 0. The van der Waals surface area contributed by atoms with Crippen LogP contribution in [-0.2, 0) is 16.2 Å². The minimum absolute atomic E-state index is 0.0175. The van der Waals surface area contributed by atoms with Crippen molar-refractivity contribution in [3.63, 3.8) is 0 Å². The third kappa shape index (κ3) is 5.22. The average Bonchev–Trinajstić information content (AvgIpc) is 2.59. The van der Waals surface area contributed by atoms with E-state index in [1.54, 1.807) is 6.92 Å². The molecule has 0 amide bonds. The lowest BCUT2D eigenvalue weighted by Crippen LogP contribution is -2.16. The predicted molar refractivity (Wildman–Crippen MR) is 94.5 cm³/mol. The molecule has 2 aromatic carbocycles. The standard InChI is InChI=1S/C18H18F3NO4S/c1-3-9-26-17-8-7-14(18(19,20)21)11-16(17)22-27(24,25)15-6-4-5-13(10-15)12(2)23/h4-8,10-11,22H,3,9H2,1-2H3. The predicted octanol–water partition coefficient (Wildman–Crippen LogP) is 4.50. The first-order valence-electron chi connectivity index (χ1n) is 8.02. The largest absolute Gasteiger partial charge is 0.491 e. The highest BCUT2D eigenvalue weighted by Crippen LogP contribution is 2.36. The van der Waals surface area contributed by atoms with Gasteiger partial charge in [-0.05, 0) is 43.7 Å².